The standard InChI is InChI=1S/C13H10ClF2N3O/c14-3-1-12-18-13-10(16)5-8(15)6-11(13)19(12)7-9-2-4-17-20-9/h2,4-6H,1,3,7H2. The van der Waals surface area contributed by atoms with Gasteiger partial charge in [0.25, 0.3) is 0 Å². The number of fused-ring (bicyclic) bond motifs is 1. The summed E-state index contributed by atoms with van der Waals surface area (Å²) >= 11 is 5.73. The smallest absolute Gasteiger partial charge is 0.156 e. The van der Waals surface area contributed by atoms with Crippen LogP contribution < -0.4 is 0 Å². The van der Waals surface area contributed by atoms with Gasteiger partial charge < -0.3 is 9.09 Å². The van der Waals surface area contributed by atoms with Gasteiger partial charge in [-0.25, -0.2) is 13.8 Å². The number of hydrogen-bond donors (Lipinski definition) is 0. The second-order valence-electron chi connectivity index (χ2n) is 4.29. The van der Waals surface area contributed by atoms with E-state index in [1.165, 1.54) is 12.3 Å². The van der Waals surface area contributed by atoms with Gasteiger partial charge >= 0.3 is 0 Å². The molecular weight excluding hydrogens is 288 g/mol. The van der Waals surface area contributed by atoms with Crippen LogP contribution in [0.5, 0.6) is 0 Å². The van der Waals surface area contributed by atoms with Crippen LogP contribution in [-0.2, 0) is 13.0 Å². The highest BCUT2D eigenvalue weighted by molar-refractivity contribution is 6.17. The first kappa shape index (κ1) is 13.1. The third-order valence-electron chi connectivity index (χ3n) is 2.97. The molecule has 0 aliphatic heterocycles. The quantitative estimate of drug-likeness (QED) is 0.695. The van der Waals surface area contributed by atoms with E-state index in [-0.39, 0.29) is 5.52 Å². The van der Waals surface area contributed by atoms with Crippen LogP contribution in [0, 0.1) is 11.6 Å². The number of hydrogen-bond acceptors (Lipinski definition) is 3. The van der Waals surface area contributed by atoms with Gasteiger partial charge in [-0.05, 0) is 6.07 Å². The van der Waals surface area contributed by atoms with Crippen LogP contribution in [0.2, 0.25) is 0 Å². The molecule has 0 aliphatic rings. The van der Waals surface area contributed by atoms with E-state index in [4.69, 9.17) is 16.1 Å². The minimum absolute atomic E-state index is 0.131. The molecule has 0 fully saturated rings. The summed E-state index contributed by atoms with van der Waals surface area (Å²) in [5.74, 6) is 0.156. The summed E-state index contributed by atoms with van der Waals surface area (Å²) < 4.78 is 33.9. The fraction of sp³-hybridized carbons (Fsp3) is 0.231. The topological polar surface area (TPSA) is 43.9 Å². The van der Waals surface area contributed by atoms with E-state index in [1.807, 2.05) is 0 Å². The number of imidazole rings is 1. The molecule has 7 heteroatoms. The minimum atomic E-state index is -0.688. The van der Waals surface area contributed by atoms with Crippen LogP contribution >= 0.6 is 11.6 Å². The molecule has 104 valence electrons. The van der Waals surface area contributed by atoms with Crippen LogP contribution in [0.1, 0.15) is 11.6 Å². The van der Waals surface area contributed by atoms with Crippen molar-refractivity contribution in [3.63, 3.8) is 0 Å². The molecular formula is C13H10ClF2N3O. The molecule has 3 rings (SSSR count). The van der Waals surface area contributed by atoms with E-state index in [2.05, 4.69) is 10.1 Å². The Morgan fingerprint density at radius 2 is 2.15 bits per heavy atom. The molecule has 4 nitrogen and oxygen atoms in total. The molecule has 2 aromatic heterocycles. The summed E-state index contributed by atoms with van der Waals surface area (Å²) in [6.07, 6.45) is 1.96. The van der Waals surface area contributed by atoms with Gasteiger partial charge in [0.05, 0.1) is 18.3 Å². The van der Waals surface area contributed by atoms with E-state index in [9.17, 15) is 8.78 Å². The number of aryl methyl sites for hydroxylation is 1. The van der Waals surface area contributed by atoms with E-state index in [0.717, 1.165) is 6.07 Å². The van der Waals surface area contributed by atoms with Gasteiger partial charge in [0, 0.05) is 24.4 Å². The Bertz CT molecular complexity index is 740. The number of aromatic nitrogens is 3. The zero-order chi connectivity index (χ0) is 14.1. The van der Waals surface area contributed by atoms with Crippen molar-refractivity contribution in [3.8, 4) is 0 Å². The molecule has 0 amide bonds. The largest absolute Gasteiger partial charge is 0.359 e. The number of alkyl halides is 1. The van der Waals surface area contributed by atoms with Crippen LogP contribution in [0.4, 0.5) is 8.78 Å². The van der Waals surface area contributed by atoms with Gasteiger partial charge in [-0.1, -0.05) is 5.16 Å². The van der Waals surface area contributed by atoms with Gasteiger partial charge in [0.1, 0.15) is 17.2 Å². The van der Waals surface area contributed by atoms with E-state index in [1.54, 1.807) is 10.6 Å². The molecule has 20 heavy (non-hydrogen) atoms. The van der Waals surface area contributed by atoms with Crippen molar-refractivity contribution in [1.29, 1.82) is 0 Å². The SMILES string of the molecule is Fc1cc(F)c2nc(CCCl)n(Cc3ccno3)c2c1. The van der Waals surface area contributed by atoms with Crippen LogP contribution in [0.15, 0.2) is 28.9 Å². The van der Waals surface area contributed by atoms with Crippen molar-refractivity contribution in [3.05, 3.63) is 47.6 Å². The molecule has 0 N–H and O–H groups in total. The lowest BCUT2D eigenvalue weighted by Crippen LogP contribution is -2.05. The monoisotopic (exact) mass is 297 g/mol. The normalized spacial score (nSPS) is 11.3. The lowest BCUT2D eigenvalue weighted by atomic mass is 10.3. The van der Waals surface area contributed by atoms with Crippen molar-refractivity contribution in [2.75, 3.05) is 5.88 Å². The van der Waals surface area contributed by atoms with Crippen LogP contribution in [0.3, 0.4) is 0 Å². The highest BCUT2D eigenvalue weighted by Crippen LogP contribution is 2.22. The molecule has 0 spiro atoms. The predicted molar refractivity (Wildman–Crippen MR) is 69.7 cm³/mol. The Kier molecular flexibility index (Phi) is 3.40. The molecule has 0 aliphatic carbocycles. The van der Waals surface area contributed by atoms with Crippen molar-refractivity contribution in [2.24, 2.45) is 0 Å². The lowest BCUT2D eigenvalue weighted by Gasteiger charge is -2.05. The third-order valence-corrected chi connectivity index (χ3v) is 3.16. The Labute approximate surface area is 118 Å². The number of rotatable bonds is 4. The fourth-order valence-corrected chi connectivity index (χ4v) is 2.30. The summed E-state index contributed by atoms with van der Waals surface area (Å²) in [6.45, 7) is 0.297. The first-order chi connectivity index (χ1) is 9.69. The van der Waals surface area contributed by atoms with Crippen molar-refractivity contribution in [2.45, 2.75) is 13.0 Å². The van der Waals surface area contributed by atoms with Crippen molar-refractivity contribution in [1.82, 2.24) is 14.7 Å². The van der Waals surface area contributed by atoms with Crippen LogP contribution in [0.25, 0.3) is 11.0 Å². The zero-order valence-electron chi connectivity index (χ0n) is 10.3. The molecule has 0 saturated heterocycles. The first-order valence-electron chi connectivity index (χ1n) is 5.98. The number of benzene rings is 1. The second kappa shape index (κ2) is 5.20. The summed E-state index contributed by atoms with van der Waals surface area (Å²) in [4.78, 5) is 4.20. The average Bonchev–Trinajstić information content (AvgIpc) is 3.01. The van der Waals surface area contributed by atoms with Crippen molar-refractivity contribution >= 4 is 22.6 Å². The van der Waals surface area contributed by atoms with E-state index in [0.29, 0.717) is 35.9 Å². The third kappa shape index (κ3) is 2.27. The van der Waals surface area contributed by atoms with Gasteiger partial charge in [-0.3, -0.25) is 0 Å². The zero-order valence-corrected chi connectivity index (χ0v) is 11.1. The Hall–Kier alpha value is -1.95. The second-order valence-corrected chi connectivity index (χ2v) is 4.67. The Morgan fingerprint density at radius 1 is 1.30 bits per heavy atom. The summed E-state index contributed by atoms with van der Waals surface area (Å²) in [6, 6.07) is 3.75. The molecule has 3 aromatic rings. The van der Waals surface area contributed by atoms with Crippen molar-refractivity contribution < 1.29 is 13.3 Å². The maximum Gasteiger partial charge on any atom is 0.156 e. The number of nitrogens with zero attached hydrogens (tertiary/aromatic N) is 3. The van der Waals surface area contributed by atoms with Gasteiger partial charge in [-0.2, -0.15) is 0 Å². The van der Waals surface area contributed by atoms with Gasteiger partial charge in [0.15, 0.2) is 11.6 Å². The maximum absolute atomic E-state index is 13.8. The molecule has 0 atom stereocenters. The highest BCUT2D eigenvalue weighted by atomic mass is 35.5. The summed E-state index contributed by atoms with van der Waals surface area (Å²) in [7, 11) is 0. The predicted octanol–water partition coefficient (Wildman–Crippen LogP) is 3.13. The lowest BCUT2D eigenvalue weighted by molar-refractivity contribution is 0.376. The fourth-order valence-electron chi connectivity index (χ4n) is 2.13. The number of halogens is 3. The minimum Gasteiger partial charge on any atom is -0.359 e. The van der Waals surface area contributed by atoms with E-state index >= 15 is 0 Å². The maximum atomic E-state index is 13.8. The summed E-state index contributed by atoms with van der Waals surface area (Å²) in [5, 5.41) is 3.61. The molecule has 2 heterocycles. The average molecular weight is 298 g/mol. The van der Waals surface area contributed by atoms with E-state index < -0.39 is 11.6 Å². The molecule has 0 bridgehead atoms. The van der Waals surface area contributed by atoms with Crippen LogP contribution in [-0.4, -0.2) is 20.6 Å². The molecule has 0 unspecified atom stereocenters. The Morgan fingerprint density at radius 3 is 2.85 bits per heavy atom. The van der Waals surface area contributed by atoms with Gasteiger partial charge in [0.2, 0.25) is 0 Å². The summed E-state index contributed by atoms with van der Waals surface area (Å²) in [5.41, 5.74) is 0.505. The highest BCUT2D eigenvalue weighted by Gasteiger charge is 2.16. The molecule has 0 radical (unpaired) electrons. The Balaban J connectivity index is 2.17. The molecule has 0 saturated carbocycles. The van der Waals surface area contributed by atoms with Gasteiger partial charge in [-0.15, -0.1) is 11.6 Å². The first-order valence-corrected chi connectivity index (χ1v) is 6.52. The molecule has 1 aromatic carbocycles.